The Labute approximate surface area is 124 Å². The largest absolute Gasteiger partial charge is 0.492 e. The number of hydrogen-bond donors (Lipinski definition) is 2. The molecule has 0 aromatic heterocycles. The first kappa shape index (κ1) is 16.8. The lowest BCUT2D eigenvalue weighted by molar-refractivity contribution is -0.146. The van der Waals surface area contributed by atoms with Crippen LogP contribution in [0.3, 0.4) is 0 Å². The van der Waals surface area contributed by atoms with Crippen molar-refractivity contribution in [3.63, 3.8) is 0 Å². The van der Waals surface area contributed by atoms with Crippen molar-refractivity contribution < 1.29 is 19.4 Å². The van der Waals surface area contributed by atoms with Gasteiger partial charge in [-0.15, -0.1) is 0 Å². The normalized spacial score (nSPS) is 10.9. The number of urea groups is 1. The third kappa shape index (κ3) is 4.66. The summed E-state index contributed by atoms with van der Waals surface area (Å²) in [6, 6.07) is 7.16. The summed E-state index contributed by atoms with van der Waals surface area (Å²) < 4.78 is 5.50. The van der Waals surface area contributed by atoms with E-state index in [4.69, 9.17) is 9.84 Å². The molecule has 0 radical (unpaired) electrons. The fourth-order valence-corrected chi connectivity index (χ4v) is 1.55. The van der Waals surface area contributed by atoms with Gasteiger partial charge >= 0.3 is 12.0 Å². The van der Waals surface area contributed by atoms with Crippen molar-refractivity contribution in [3.8, 4) is 5.75 Å². The predicted molar refractivity (Wildman–Crippen MR) is 79.6 cm³/mol. The molecule has 0 aliphatic heterocycles. The van der Waals surface area contributed by atoms with Gasteiger partial charge in [0.05, 0.1) is 6.54 Å². The van der Waals surface area contributed by atoms with Crippen LogP contribution in [0.1, 0.15) is 19.4 Å². The average Bonchev–Trinajstić information content (AvgIpc) is 2.42. The summed E-state index contributed by atoms with van der Waals surface area (Å²) in [7, 11) is 1.45. The Bertz CT molecular complexity index is 514. The Morgan fingerprint density at radius 2 is 2.05 bits per heavy atom. The highest BCUT2D eigenvalue weighted by molar-refractivity contribution is 5.85. The fourth-order valence-electron chi connectivity index (χ4n) is 1.55. The number of rotatable bonds is 6. The Hall–Kier alpha value is -2.24. The highest BCUT2D eigenvalue weighted by atomic mass is 16.5. The van der Waals surface area contributed by atoms with Crippen LogP contribution in [0.15, 0.2) is 24.3 Å². The van der Waals surface area contributed by atoms with Crippen molar-refractivity contribution >= 4 is 12.0 Å². The lowest BCUT2D eigenvalue weighted by atomic mass is 10.1. The van der Waals surface area contributed by atoms with Crippen molar-refractivity contribution in [1.29, 1.82) is 0 Å². The van der Waals surface area contributed by atoms with Gasteiger partial charge in [0.2, 0.25) is 0 Å². The molecule has 6 heteroatoms. The van der Waals surface area contributed by atoms with Crippen molar-refractivity contribution in [2.45, 2.75) is 26.3 Å². The second-order valence-electron chi connectivity index (χ2n) is 5.32. The van der Waals surface area contributed by atoms with Crippen LogP contribution in [0.5, 0.6) is 5.75 Å². The zero-order valence-electron chi connectivity index (χ0n) is 12.8. The molecule has 116 valence electrons. The number of carbonyl (C=O) groups excluding carboxylic acids is 1. The van der Waals surface area contributed by atoms with Crippen LogP contribution in [0.2, 0.25) is 0 Å². The van der Waals surface area contributed by atoms with E-state index < -0.39 is 17.5 Å². The monoisotopic (exact) mass is 294 g/mol. The molecular weight excluding hydrogens is 272 g/mol. The molecular formula is C15H22N2O4. The third-order valence-corrected chi connectivity index (χ3v) is 3.30. The van der Waals surface area contributed by atoms with E-state index in [1.54, 1.807) is 0 Å². The fraction of sp³-hybridized carbons (Fsp3) is 0.467. The first-order valence-corrected chi connectivity index (χ1v) is 6.69. The summed E-state index contributed by atoms with van der Waals surface area (Å²) in [6.07, 6.45) is 0. The maximum atomic E-state index is 11.9. The number of likely N-dealkylation sites (N-methyl/N-ethyl adjacent to an activating group) is 1. The maximum absolute atomic E-state index is 11.9. The highest BCUT2D eigenvalue weighted by Gasteiger charge is 2.35. The molecule has 1 aromatic rings. The number of benzene rings is 1. The summed E-state index contributed by atoms with van der Waals surface area (Å²) in [5.74, 6) is -0.320. The quantitative estimate of drug-likeness (QED) is 0.785. The van der Waals surface area contributed by atoms with Crippen LogP contribution >= 0.6 is 0 Å². The van der Waals surface area contributed by atoms with E-state index in [2.05, 4.69) is 5.32 Å². The summed E-state index contributed by atoms with van der Waals surface area (Å²) in [4.78, 5) is 24.1. The number of carbonyl (C=O) groups is 2. The summed E-state index contributed by atoms with van der Waals surface area (Å²) >= 11 is 0. The van der Waals surface area contributed by atoms with Gasteiger partial charge in [0.25, 0.3) is 0 Å². The van der Waals surface area contributed by atoms with Gasteiger partial charge in [0.15, 0.2) is 0 Å². The number of aliphatic carboxylic acids is 1. The van der Waals surface area contributed by atoms with E-state index in [1.807, 2.05) is 31.2 Å². The average molecular weight is 294 g/mol. The van der Waals surface area contributed by atoms with Gasteiger partial charge in [-0.25, -0.2) is 9.59 Å². The molecule has 0 heterocycles. The molecule has 6 nitrogen and oxygen atoms in total. The molecule has 2 amide bonds. The van der Waals surface area contributed by atoms with Crippen LogP contribution in [-0.2, 0) is 4.79 Å². The van der Waals surface area contributed by atoms with E-state index >= 15 is 0 Å². The molecule has 0 bridgehead atoms. The summed E-state index contributed by atoms with van der Waals surface area (Å²) in [6.45, 7) is 5.53. The molecule has 0 spiro atoms. The number of amides is 2. The van der Waals surface area contributed by atoms with Gasteiger partial charge < -0.3 is 20.1 Å². The van der Waals surface area contributed by atoms with Crippen LogP contribution in [0.25, 0.3) is 0 Å². The van der Waals surface area contributed by atoms with Crippen molar-refractivity contribution in [1.82, 2.24) is 10.2 Å². The van der Waals surface area contributed by atoms with E-state index in [0.717, 1.165) is 16.2 Å². The minimum Gasteiger partial charge on any atom is -0.492 e. The van der Waals surface area contributed by atoms with Crippen LogP contribution in [0.4, 0.5) is 4.79 Å². The zero-order valence-corrected chi connectivity index (χ0v) is 12.8. The van der Waals surface area contributed by atoms with E-state index in [9.17, 15) is 9.59 Å². The van der Waals surface area contributed by atoms with E-state index in [0.29, 0.717) is 13.2 Å². The smallest absolute Gasteiger partial charge is 0.329 e. The number of ether oxygens (including phenoxy) is 1. The second kappa shape index (κ2) is 6.97. The van der Waals surface area contributed by atoms with Crippen LogP contribution in [0, 0.1) is 6.92 Å². The lowest BCUT2D eigenvalue weighted by Crippen LogP contribution is -2.54. The number of carboxylic acids is 1. The van der Waals surface area contributed by atoms with Gasteiger partial charge in [-0.2, -0.15) is 0 Å². The molecule has 0 unspecified atom stereocenters. The first-order valence-electron chi connectivity index (χ1n) is 6.69. The number of aryl methyl sites for hydroxylation is 1. The van der Waals surface area contributed by atoms with Gasteiger partial charge in [0.1, 0.15) is 17.9 Å². The number of nitrogens with one attached hydrogen (secondary N) is 1. The number of carboxylic acid groups (broad SMARTS) is 1. The molecule has 0 saturated heterocycles. The Kier molecular flexibility index (Phi) is 5.58. The molecule has 0 fully saturated rings. The Morgan fingerprint density at radius 3 is 2.62 bits per heavy atom. The number of hydrogen-bond acceptors (Lipinski definition) is 3. The van der Waals surface area contributed by atoms with Gasteiger partial charge in [-0.1, -0.05) is 12.1 Å². The number of nitrogens with zero attached hydrogens (tertiary/aromatic N) is 1. The highest BCUT2D eigenvalue weighted by Crippen LogP contribution is 2.13. The molecule has 2 N–H and O–H groups in total. The zero-order chi connectivity index (χ0) is 16.0. The third-order valence-electron chi connectivity index (χ3n) is 3.30. The van der Waals surface area contributed by atoms with Gasteiger partial charge in [0, 0.05) is 7.05 Å². The predicted octanol–water partition coefficient (Wildman–Crippen LogP) is 1.88. The lowest BCUT2D eigenvalue weighted by Gasteiger charge is -2.31. The Balaban J connectivity index is 2.39. The molecule has 21 heavy (non-hydrogen) atoms. The molecule has 0 aliphatic rings. The molecule has 1 rings (SSSR count). The van der Waals surface area contributed by atoms with Crippen molar-refractivity contribution in [2.24, 2.45) is 0 Å². The summed E-state index contributed by atoms with van der Waals surface area (Å²) in [5, 5.41) is 11.7. The molecule has 1 aromatic carbocycles. The maximum Gasteiger partial charge on any atom is 0.329 e. The molecule has 0 aliphatic carbocycles. The first-order chi connectivity index (χ1) is 9.75. The second-order valence-corrected chi connectivity index (χ2v) is 5.32. The van der Waals surface area contributed by atoms with Crippen molar-refractivity contribution in [3.05, 3.63) is 29.8 Å². The SMILES string of the molecule is Cc1cccc(OCCNC(=O)N(C)C(C)(C)C(=O)O)c1. The topological polar surface area (TPSA) is 78.9 Å². The standard InChI is InChI=1S/C15H22N2O4/c1-11-6-5-7-12(10-11)21-9-8-16-14(20)17(4)15(2,3)13(18)19/h5-7,10H,8-9H2,1-4H3,(H,16,20)(H,18,19). The van der Waals surface area contributed by atoms with E-state index in [1.165, 1.54) is 20.9 Å². The van der Waals surface area contributed by atoms with Crippen LogP contribution < -0.4 is 10.1 Å². The Morgan fingerprint density at radius 1 is 1.38 bits per heavy atom. The molecule has 0 saturated carbocycles. The van der Waals surface area contributed by atoms with Crippen molar-refractivity contribution in [2.75, 3.05) is 20.2 Å². The van der Waals surface area contributed by atoms with E-state index in [-0.39, 0.29) is 0 Å². The minimum absolute atomic E-state index is 0.298. The molecule has 0 atom stereocenters. The van der Waals surface area contributed by atoms with Gasteiger partial charge in [-0.3, -0.25) is 0 Å². The van der Waals surface area contributed by atoms with Crippen LogP contribution in [-0.4, -0.2) is 47.7 Å². The minimum atomic E-state index is -1.26. The summed E-state index contributed by atoms with van der Waals surface area (Å²) in [5.41, 5.74) is -0.166. The van der Waals surface area contributed by atoms with Gasteiger partial charge in [-0.05, 0) is 38.5 Å².